The van der Waals surface area contributed by atoms with Gasteiger partial charge >= 0.3 is 0 Å². The van der Waals surface area contributed by atoms with Crippen molar-refractivity contribution in [3.8, 4) is 0 Å². The van der Waals surface area contributed by atoms with E-state index in [1.807, 2.05) is 13.8 Å². The molecule has 0 heterocycles. The number of anilines is 1. The highest BCUT2D eigenvalue weighted by molar-refractivity contribution is 6.01. The Bertz CT molecular complexity index is 476. The minimum absolute atomic E-state index is 0.150. The summed E-state index contributed by atoms with van der Waals surface area (Å²) in [6.45, 7) is 7.50. The van der Waals surface area contributed by atoms with Crippen molar-refractivity contribution in [3.05, 3.63) is 54.6 Å². The zero-order valence-corrected chi connectivity index (χ0v) is 12.5. The molecule has 1 N–H and O–H groups in total. The maximum Gasteiger partial charge on any atom is 0.251 e. The molecule has 0 spiro atoms. The highest BCUT2D eigenvalue weighted by Gasteiger charge is 2.08. The summed E-state index contributed by atoms with van der Waals surface area (Å²) in [6.07, 6.45) is 4.55. The molecule has 0 bridgehead atoms. The Balaban J connectivity index is 0.00000172. The monoisotopic (exact) mass is 274 g/mol. The predicted octanol–water partition coefficient (Wildman–Crippen LogP) is 2.78. The van der Waals surface area contributed by atoms with Crippen LogP contribution in [0.25, 0.3) is 0 Å². The van der Waals surface area contributed by atoms with Crippen LogP contribution in [0.4, 0.5) is 5.69 Å². The Morgan fingerprint density at radius 1 is 1.20 bits per heavy atom. The van der Waals surface area contributed by atoms with Gasteiger partial charge in [0.1, 0.15) is 0 Å². The highest BCUT2D eigenvalue weighted by atomic mass is 16.2. The molecule has 0 atom stereocenters. The Morgan fingerprint density at radius 2 is 1.75 bits per heavy atom. The van der Waals surface area contributed by atoms with Crippen molar-refractivity contribution < 1.29 is 9.59 Å². The summed E-state index contributed by atoms with van der Waals surface area (Å²) in [4.78, 5) is 24.5. The van der Waals surface area contributed by atoms with Crippen LogP contribution in [0.5, 0.6) is 0 Å². The SMILES string of the molecule is C=C/C=C\C(=O)N(C)c1ccc(C(=O)NC)cc1.CC. The molecule has 1 aromatic carbocycles. The highest BCUT2D eigenvalue weighted by Crippen LogP contribution is 2.14. The molecule has 0 radical (unpaired) electrons. The van der Waals surface area contributed by atoms with Crippen LogP contribution >= 0.6 is 0 Å². The van der Waals surface area contributed by atoms with Gasteiger partial charge in [0.25, 0.3) is 11.8 Å². The van der Waals surface area contributed by atoms with Gasteiger partial charge in [-0.25, -0.2) is 0 Å². The second-order valence-corrected chi connectivity index (χ2v) is 3.62. The van der Waals surface area contributed by atoms with Crippen LogP contribution in [0.1, 0.15) is 24.2 Å². The summed E-state index contributed by atoms with van der Waals surface area (Å²) >= 11 is 0. The van der Waals surface area contributed by atoms with Gasteiger partial charge in [0.2, 0.25) is 0 Å². The normalized spacial score (nSPS) is 9.40. The second-order valence-electron chi connectivity index (χ2n) is 3.62. The number of hydrogen-bond acceptors (Lipinski definition) is 2. The molecule has 0 aliphatic carbocycles. The van der Waals surface area contributed by atoms with E-state index in [0.29, 0.717) is 5.56 Å². The van der Waals surface area contributed by atoms with Crippen molar-refractivity contribution in [2.45, 2.75) is 13.8 Å². The van der Waals surface area contributed by atoms with Crippen molar-refractivity contribution >= 4 is 17.5 Å². The van der Waals surface area contributed by atoms with Crippen molar-refractivity contribution in [2.75, 3.05) is 19.0 Å². The van der Waals surface area contributed by atoms with E-state index in [1.165, 1.54) is 11.0 Å². The second kappa shape index (κ2) is 9.55. The van der Waals surface area contributed by atoms with Crippen molar-refractivity contribution in [1.29, 1.82) is 0 Å². The maximum absolute atomic E-state index is 11.7. The first-order valence-corrected chi connectivity index (χ1v) is 6.49. The molecule has 0 saturated heterocycles. The fourth-order valence-corrected chi connectivity index (χ4v) is 1.37. The molecule has 1 aromatic rings. The third-order valence-corrected chi connectivity index (χ3v) is 2.45. The van der Waals surface area contributed by atoms with E-state index in [0.717, 1.165) is 5.69 Å². The Kier molecular flexibility index (Phi) is 8.43. The third kappa shape index (κ3) is 5.10. The van der Waals surface area contributed by atoms with Gasteiger partial charge in [-0.1, -0.05) is 32.6 Å². The smallest absolute Gasteiger partial charge is 0.251 e. The molecular formula is C16H22N2O2. The molecule has 0 aliphatic heterocycles. The number of hydrogen-bond donors (Lipinski definition) is 1. The molecule has 108 valence electrons. The standard InChI is InChI=1S/C14H16N2O2.C2H6/c1-4-5-6-13(17)16(3)12-9-7-11(8-10-12)14(18)15-2;1-2/h4-10H,1H2,2-3H3,(H,15,18);1-2H3/b6-5-;. The largest absolute Gasteiger partial charge is 0.355 e. The van der Waals surface area contributed by atoms with E-state index in [2.05, 4.69) is 11.9 Å². The quantitative estimate of drug-likeness (QED) is 0.678. The summed E-state index contributed by atoms with van der Waals surface area (Å²) in [5.41, 5.74) is 1.28. The molecule has 1 rings (SSSR count). The van der Waals surface area contributed by atoms with Crippen LogP contribution in [0.2, 0.25) is 0 Å². The molecule has 4 heteroatoms. The van der Waals surface area contributed by atoms with Crippen LogP contribution in [0.15, 0.2) is 49.1 Å². The lowest BCUT2D eigenvalue weighted by atomic mass is 10.2. The minimum atomic E-state index is -0.151. The Morgan fingerprint density at radius 3 is 2.20 bits per heavy atom. The van der Waals surface area contributed by atoms with Gasteiger partial charge in [0.05, 0.1) is 0 Å². The molecule has 4 nitrogen and oxygen atoms in total. The first-order chi connectivity index (χ1) is 9.60. The number of amides is 2. The lowest BCUT2D eigenvalue weighted by Gasteiger charge is -2.15. The summed E-state index contributed by atoms with van der Waals surface area (Å²) in [6, 6.07) is 6.80. The fraction of sp³-hybridized carbons (Fsp3) is 0.250. The third-order valence-electron chi connectivity index (χ3n) is 2.45. The van der Waals surface area contributed by atoms with E-state index < -0.39 is 0 Å². The molecule has 2 amide bonds. The average molecular weight is 274 g/mol. The van der Waals surface area contributed by atoms with Gasteiger partial charge in [0.15, 0.2) is 0 Å². The van der Waals surface area contributed by atoms with Crippen LogP contribution in [-0.4, -0.2) is 25.9 Å². The molecule has 0 fully saturated rings. The van der Waals surface area contributed by atoms with Crippen molar-refractivity contribution in [3.63, 3.8) is 0 Å². The van der Waals surface area contributed by atoms with Gasteiger partial charge < -0.3 is 10.2 Å². The van der Waals surface area contributed by atoms with Crippen LogP contribution in [0.3, 0.4) is 0 Å². The van der Waals surface area contributed by atoms with Crippen LogP contribution in [0, 0.1) is 0 Å². The zero-order chi connectivity index (χ0) is 15.5. The molecule has 0 saturated carbocycles. The van der Waals surface area contributed by atoms with Gasteiger partial charge in [0, 0.05) is 31.4 Å². The Labute approximate surface area is 120 Å². The minimum Gasteiger partial charge on any atom is -0.355 e. The first-order valence-electron chi connectivity index (χ1n) is 6.49. The topological polar surface area (TPSA) is 49.4 Å². The van der Waals surface area contributed by atoms with Gasteiger partial charge in [-0.15, -0.1) is 0 Å². The number of carbonyl (C=O) groups is 2. The van der Waals surface area contributed by atoms with E-state index in [1.54, 1.807) is 50.5 Å². The van der Waals surface area contributed by atoms with E-state index in [4.69, 9.17) is 0 Å². The average Bonchev–Trinajstić information content (AvgIpc) is 2.53. The number of nitrogens with one attached hydrogen (secondary N) is 1. The molecule has 0 aromatic heterocycles. The van der Waals surface area contributed by atoms with Crippen LogP contribution in [-0.2, 0) is 4.79 Å². The van der Waals surface area contributed by atoms with Gasteiger partial charge in [-0.3, -0.25) is 9.59 Å². The number of carbonyl (C=O) groups excluding carboxylic acids is 2. The number of nitrogens with zero attached hydrogens (tertiary/aromatic N) is 1. The molecule has 20 heavy (non-hydrogen) atoms. The van der Waals surface area contributed by atoms with Crippen molar-refractivity contribution in [2.24, 2.45) is 0 Å². The van der Waals surface area contributed by atoms with Crippen LogP contribution < -0.4 is 10.2 Å². The molecule has 0 aliphatic rings. The number of rotatable bonds is 4. The fourth-order valence-electron chi connectivity index (χ4n) is 1.37. The first kappa shape index (κ1) is 17.6. The number of allylic oxidation sites excluding steroid dienone is 2. The lowest BCUT2D eigenvalue weighted by molar-refractivity contribution is -0.113. The lowest BCUT2D eigenvalue weighted by Crippen LogP contribution is -2.24. The maximum atomic E-state index is 11.7. The summed E-state index contributed by atoms with van der Waals surface area (Å²) in [5, 5.41) is 2.54. The summed E-state index contributed by atoms with van der Waals surface area (Å²) < 4.78 is 0. The number of benzene rings is 1. The summed E-state index contributed by atoms with van der Waals surface area (Å²) in [7, 11) is 3.25. The molecular weight excluding hydrogens is 252 g/mol. The molecule has 0 unspecified atom stereocenters. The Hall–Kier alpha value is -2.36. The predicted molar refractivity (Wildman–Crippen MR) is 83.9 cm³/mol. The van der Waals surface area contributed by atoms with E-state index in [-0.39, 0.29) is 11.8 Å². The number of likely N-dealkylation sites (N-methyl/N-ethyl adjacent to an activating group) is 1. The summed E-state index contributed by atoms with van der Waals surface area (Å²) in [5.74, 6) is -0.301. The van der Waals surface area contributed by atoms with Gasteiger partial charge in [-0.05, 0) is 24.3 Å². The zero-order valence-electron chi connectivity index (χ0n) is 12.5. The van der Waals surface area contributed by atoms with E-state index in [9.17, 15) is 9.59 Å². The van der Waals surface area contributed by atoms with Gasteiger partial charge in [-0.2, -0.15) is 0 Å². The van der Waals surface area contributed by atoms with Crippen molar-refractivity contribution in [1.82, 2.24) is 5.32 Å². The van der Waals surface area contributed by atoms with E-state index >= 15 is 0 Å².